The number of rotatable bonds is 9. The summed E-state index contributed by atoms with van der Waals surface area (Å²) in [5, 5.41) is 8.86. The van der Waals surface area contributed by atoms with Gasteiger partial charge in [-0.1, -0.05) is 180 Å². The summed E-state index contributed by atoms with van der Waals surface area (Å²) < 4.78 is 158. The van der Waals surface area contributed by atoms with E-state index < -0.39 is 24.5 Å². The van der Waals surface area contributed by atoms with Crippen LogP contribution in [0.25, 0.3) is 201 Å². The first kappa shape index (κ1) is 74.1. The molecule has 10 heterocycles. The van der Waals surface area contributed by atoms with Crippen LogP contribution in [0.2, 0.25) is 0 Å². The maximum atomic E-state index is 9.26. The number of nitrogens with zero attached hydrogens (tertiary/aromatic N) is 10. The molecule has 1 atom stereocenters. The van der Waals surface area contributed by atoms with Crippen LogP contribution in [-0.4, -0.2) is 0 Å². The molecule has 2 aliphatic carbocycles. The van der Waals surface area contributed by atoms with E-state index in [0.29, 0.717) is 108 Å². The largest absolute Gasteiger partial charge is 0.456 e. The van der Waals surface area contributed by atoms with Crippen LogP contribution in [0.15, 0.2) is 296 Å². The highest BCUT2D eigenvalue weighted by Gasteiger charge is 2.32. The fourth-order valence-electron chi connectivity index (χ4n) is 19.9. The van der Waals surface area contributed by atoms with Gasteiger partial charge in [-0.15, -0.1) is 0 Å². The molecule has 0 radical (unpaired) electrons. The summed E-state index contributed by atoms with van der Waals surface area (Å²) >= 11 is 0. The summed E-state index contributed by atoms with van der Waals surface area (Å²) in [6.45, 7) is 48.7. The van der Waals surface area contributed by atoms with Crippen LogP contribution in [0, 0.1) is 74.4 Å². The number of hydrogen-bond acceptors (Lipinski definition) is 5. The van der Waals surface area contributed by atoms with Crippen LogP contribution >= 0.6 is 0 Å². The molecule has 10 aromatic heterocycles. The van der Waals surface area contributed by atoms with Gasteiger partial charge in [-0.25, -0.2) is 47.1 Å². The van der Waals surface area contributed by atoms with E-state index in [1.165, 1.54) is 27.7 Å². The molecule has 15 heteroatoms. The second-order valence-corrected chi connectivity index (χ2v) is 35.5. The van der Waals surface area contributed by atoms with E-state index in [9.17, 15) is 2.74 Å². The summed E-state index contributed by atoms with van der Waals surface area (Å²) in [6.07, 6.45) is 14.9. The monoisotopic (exact) mass is 1810 g/mol. The lowest BCUT2D eigenvalue weighted by molar-refractivity contribution is -0.660. The van der Waals surface area contributed by atoms with E-state index in [2.05, 4.69) is 83.6 Å². The second-order valence-electron chi connectivity index (χ2n) is 35.5. The molecule has 0 N–H and O–H groups in total. The van der Waals surface area contributed by atoms with Gasteiger partial charge in [0, 0.05) is 139 Å². The zero-order valence-corrected chi connectivity index (χ0v) is 78.4. The molecule has 0 spiro atoms. The SMILES string of the molecule is [2H]C([2H])([2H])C([2H])(C)c1cc([N+]#[C-])cc2c1oc1c(-c3cccc[n+]3C)c(C)ccc12.[2H]C1(c2c([N+]#[C-])ccc3c2oc2c(-c4cccc[n+]4C)c(C)ccc23)CCCCC1.[2H]c1c([2H])c([2H])[n+](C)c(-c2c(C)ccc3c2oc2c(-c4ccccc4)c([N+]#[C-])ccc23)c1[2H].[2H]c1c([2H])c([2H])[n+](C)c(-c2c(C)ccc3c2oc2c(C4([2H])CCCCC4)c([N+]#[C-])ccc23)c1[2H].[C-]#[N+]c1cc(C)c2oc3c(-c4cccc[n+]4C)c(C)ccc3c2c1. The summed E-state index contributed by atoms with van der Waals surface area (Å²) in [4.78, 5) is 18.3. The molecular formula is C122H107N10O5+5. The van der Waals surface area contributed by atoms with Gasteiger partial charge in [0.1, 0.15) is 93.8 Å². The normalized spacial score (nSPS) is 15.3. The van der Waals surface area contributed by atoms with Crippen molar-refractivity contribution < 1.29 is 64.1 Å². The van der Waals surface area contributed by atoms with Crippen molar-refractivity contribution in [3.63, 3.8) is 0 Å². The molecule has 0 bridgehead atoms. The first-order valence-corrected chi connectivity index (χ1v) is 45.9. The molecule has 2 fully saturated rings. The van der Waals surface area contributed by atoms with Gasteiger partial charge in [0.05, 0.1) is 68.9 Å². The Hall–Kier alpha value is -16.4. The lowest BCUT2D eigenvalue weighted by atomic mass is 9.82. The van der Waals surface area contributed by atoms with Gasteiger partial charge in [0.2, 0.25) is 28.5 Å². The fraction of sp³-hybridized carbons (Fsp3) is 0.213. The van der Waals surface area contributed by atoms with Crippen molar-refractivity contribution in [3.8, 4) is 67.4 Å². The van der Waals surface area contributed by atoms with Crippen LogP contribution in [0.5, 0.6) is 0 Å². The summed E-state index contributed by atoms with van der Waals surface area (Å²) in [6, 6.07) is 64.7. The number of aryl methyl sites for hydroxylation is 9. The molecule has 2 saturated carbocycles. The predicted octanol–water partition coefficient (Wildman–Crippen LogP) is 31.9. The molecule has 11 aromatic carbocycles. The molecule has 23 rings (SSSR count). The van der Waals surface area contributed by atoms with Crippen molar-refractivity contribution in [2.24, 2.45) is 35.2 Å². The highest BCUT2D eigenvalue weighted by molar-refractivity contribution is 6.18. The predicted molar refractivity (Wildman–Crippen MR) is 553 cm³/mol. The molecule has 0 saturated heterocycles. The van der Waals surface area contributed by atoms with Crippen LogP contribution in [-0.2, 0) is 35.2 Å². The number of hydrogen-bond donors (Lipinski definition) is 0. The number of aromatic nitrogens is 5. The molecule has 0 amide bonds. The van der Waals surface area contributed by atoms with Crippen LogP contribution < -0.4 is 22.8 Å². The van der Waals surface area contributed by atoms with E-state index in [1.54, 1.807) is 32.3 Å². The highest BCUT2D eigenvalue weighted by Crippen LogP contribution is 2.52. The smallest absolute Gasteiger partial charge is 0.216 e. The van der Waals surface area contributed by atoms with Crippen molar-refractivity contribution in [1.29, 1.82) is 0 Å². The average molecular weight is 1810 g/mol. The van der Waals surface area contributed by atoms with Crippen molar-refractivity contribution in [2.75, 3.05) is 0 Å². The van der Waals surface area contributed by atoms with Crippen LogP contribution in [0.1, 0.15) is 165 Å². The van der Waals surface area contributed by atoms with Crippen LogP contribution in [0.4, 0.5) is 28.4 Å². The maximum Gasteiger partial charge on any atom is 0.216 e. The number of benzene rings is 11. The Morgan fingerprint density at radius 3 is 1.04 bits per heavy atom. The number of furan rings is 5. The van der Waals surface area contributed by atoms with Gasteiger partial charge >= 0.3 is 0 Å². The quantitative estimate of drug-likeness (QED) is 0.106. The first-order chi connectivity index (χ1) is 72.2. The maximum absolute atomic E-state index is 9.26. The van der Waals surface area contributed by atoms with Crippen LogP contribution in [0.3, 0.4) is 0 Å². The van der Waals surface area contributed by atoms with Gasteiger partial charge < -0.3 is 22.1 Å². The van der Waals surface area contributed by atoms with Crippen molar-refractivity contribution >= 4 is 138 Å². The van der Waals surface area contributed by atoms with Gasteiger partial charge in [-0.2, -0.15) is 0 Å². The van der Waals surface area contributed by atoms with Crippen molar-refractivity contribution in [3.05, 3.63) is 381 Å². The molecule has 21 aromatic rings. The number of pyridine rings is 5. The highest BCUT2D eigenvalue weighted by atomic mass is 16.3. The molecule has 1 unspecified atom stereocenters. The van der Waals surface area contributed by atoms with Gasteiger partial charge in [0.25, 0.3) is 0 Å². The Balaban J connectivity index is 0.000000119. The minimum absolute atomic E-state index is 0.125. The minimum Gasteiger partial charge on any atom is -0.456 e. The third kappa shape index (κ3) is 16.5. The molecular weight excluding hydrogens is 1690 g/mol. The van der Waals surface area contributed by atoms with E-state index in [1.807, 2.05) is 218 Å². The molecule has 0 aliphatic heterocycles. The third-order valence-electron chi connectivity index (χ3n) is 26.8. The zero-order chi connectivity index (χ0) is 107. The van der Waals surface area contributed by atoms with E-state index in [4.69, 9.17) is 71.4 Å². The van der Waals surface area contributed by atoms with Crippen molar-refractivity contribution in [1.82, 2.24) is 0 Å². The van der Waals surface area contributed by atoms with Gasteiger partial charge in [0.15, 0.2) is 59.4 Å². The zero-order valence-electron chi connectivity index (χ0n) is 92.4. The molecule has 670 valence electrons. The standard InChI is InChI=1S/2C26H25N2O.C26H19N2O.C23H21N2O.C21H17N2O/c3*1-17-12-13-19-20-14-15-21(27-2)24(18-9-5-4-6-10-18)26(20)29-25(19)23(17)22-11-7-8-16-28(22)3;1-14(2)18-12-16(24-4)13-19-17-10-9-15(3)21(23(17)26-22(18)19)20-8-6-7-11-25(20)5;1-13-8-9-16-17-12-15(22-3)11-14(2)20(17)24-21(16)19(13)18-7-5-6-10-23(18)4/h2*7-8,11-16,18H,4-6,9-10H2,1,3H3;4-16H,1,3H3;6-14H,1-3,5H3;5-12H,1-2,4H3/q5*+1/i7D,8D,11D,16D,18D;18D;7D,8D,11D,16D;1D3,14D;. The summed E-state index contributed by atoms with van der Waals surface area (Å²) in [5.41, 5.74) is 26.2. The topological polar surface area (TPSA) is 107 Å². The molecule has 15 nitrogen and oxygen atoms in total. The van der Waals surface area contributed by atoms with Gasteiger partial charge in [-0.3, -0.25) is 0 Å². The molecule has 137 heavy (non-hydrogen) atoms. The lowest BCUT2D eigenvalue weighted by Crippen LogP contribution is -2.30. The van der Waals surface area contributed by atoms with E-state index >= 15 is 0 Å². The summed E-state index contributed by atoms with van der Waals surface area (Å²) in [7, 11) is 9.28. The second kappa shape index (κ2) is 37.9. The minimum atomic E-state index is -2.58. The summed E-state index contributed by atoms with van der Waals surface area (Å²) in [5.74, 6) is -3.56. The fourth-order valence-corrected chi connectivity index (χ4v) is 19.9. The Labute approximate surface area is 818 Å². The van der Waals surface area contributed by atoms with Gasteiger partial charge in [-0.05, 0) is 184 Å². The third-order valence-corrected chi connectivity index (χ3v) is 26.8. The Bertz CT molecular complexity index is 9420. The Kier molecular flexibility index (Phi) is 20.5. The van der Waals surface area contributed by atoms with Crippen molar-refractivity contribution in [2.45, 2.75) is 137 Å². The molecule has 2 aliphatic rings. The van der Waals surface area contributed by atoms with E-state index in [-0.39, 0.29) is 59.9 Å². The Morgan fingerprint density at radius 2 is 0.650 bits per heavy atom. The Morgan fingerprint density at radius 1 is 0.321 bits per heavy atom. The average Bonchev–Trinajstić information content (AvgIpc) is 1.58. The number of fused-ring (bicyclic) bond motifs is 15. The lowest BCUT2D eigenvalue weighted by Gasteiger charge is -2.23. The van der Waals surface area contributed by atoms with E-state index in [0.717, 1.165) is 195 Å². The first-order valence-electron chi connectivity index (χ1n) is 52.9.